The van der Waals surface area contributed by atoms with E-state index in [4.69, 9.17) is 0 Å². The smallest absolute Gasteiger partial charge is 0.356 e. The van der Waals surface area contributed by atoms with E-state index in [2.05, 4.69) is 5.10 Å². The molecule has 0 bridgehead atoms. The molecule has 1 aliphatic heterocycles. The molecule has 1 aliphatic rings. The number of sulfonamides is 1. The molecule has 1 aromatic carbocycles. The molecule has 0 fully saturated rings. The zero-order chi connectivity index (χ0) is 17.6. The van der Waals surface area contributed by atoms with Crippen LogP contribution < -0.4 is 0 Å². The molecule has 1 aromatic heterocycles. The van der Waals surface area contributed by atoms with E-state index in [-0.39, 0.29) is 18.8 Å². The number of hydrogen-bond donors (Lipinski definition) is 1. The summed E-state index contributed by atoms with van der Waals surface area (Å²) in [4.78, 5) is 11.6. The third kappa shape index (κ3) is 2.61. The van der Waals surface area contributed by atoms with E-state index in [0.29, 0.717) is 28.1 Å². The van der Waals surface area contributed by atoms with Gasteiger partial charge in [-0.3, -0.25) is 4.68 Å². The van der Waals surface area contributed by atoms with Gasteiger partial charge in [-0.15, -0.1) is 0 Å². The van der Waals surface area contributed by atoms with Crippen molar-refractivity contribution in [3.63, 3.8) is 0 Å². The Hall–Kier alpha value is -2.19. The predicted molar refractivity (Wildman–Crippen MR) is 87.4 cm³/mol. The van der Waals surface area contributed by atoms with Gasteiger partial charge in [-0.05, 0) is 37.5 Å². The average Bonchev–Trinajstić information content (AvgIpc) is 2.86. The van der Waals surface area contributed by atoms with E-state index in [1.54, 1.807) is 26.1 Å². The van der Waals surface area contributed by atoms with Crippen molar-refractivity contribution in [1.29, 1.82) is 0 Å². The van der Waals surface area contributed by atoms with E-state index in [9.17, 15) is 18.3 Å². The average molecular weight is 349 g/mol. The van der Waals surface area contributed by atoms with E-state index in [1.165, 1.54) is 8.99 Å². The number of benzene rings is 1. The Balaban J connectivity index is 2.01. The maximum Gasteiger partial charge on any atom is 0.356 e. The number of hydrogen-bond acceptors (Lipinski definition) is 4. The minimum absolute atomic E-state index is 0.0104. The van der Waals surface area contributed by atoms with Crippen molar-refractivity contribution in [3.05, 3.63) is 46.3 Å². The highest BCUT2D eigenvalue weighted by atomic mass is 32.2. The lowest BCUT2D eigenvalue weighted by molar-refractivity contribution is 0.0688. The molecule has 0 aliphatic carbocycles. The highest BCUT2D eigenvalue weighted by Gasteiger charge is 2.33. The fourth-order valence-corrected chi connectivity index (χ4v) is 4.76. The Bertz CT molecular complexity index is 931. The van der Waals surface area contributed by atoms with Crippen molar-refractivity contribution in [2.24, 2.45) is 7.05 Å². The topological polar surface area (TPSA) is 92.5 Å². The van der Waals surface area contributed by atoms with Crippen LogP contribution >= 0.6 is 0 Å². The number of fused-ring (bicyclic) bond motifs is 1. The molecule has 3 rings (SSSR count). The van der Waals surface area contributed by atoms with E-state index < -0.39 is 16.0 Å². The number of carbonyl (C=O) groups is 1. The Morgan fingerprint density at radius 1 is 1.29 bits per heavy atom. The SMILES string of the molecule is Cc1ccc(C)c(S(=O)(=O)N2CCc3c(C(=O)O)nn(C)c3C2)c1. The van der Waals surface area contributed by atoms with E-state index in [0.717, 1.165) is 5.56 Å². The minimum Gasteiger partial charge on any atom is -0.476 e. The summed E-state index contributed by atoms with van der Waals surface area (Å²) in [6, 6.07) is 5.35. The van der Waals surface area contributed by atoms with Crippen LogP contribution in [0.5, 0.6) is 0 Å². The molecule has 8 heteroatoms. The first kappa shape index (κ1) is 16.7. The number of aromatic nitrogens is 2. The normalized spacial score (nSPS) is 15.3. The van der Waals surface area contributed by atoms with Crippen LogP contribution in [0.1, 0.15) is 32.9 Å². The summed E-state index contributed by atoms with van der Waals surface area (Å²) in [5.41, 5.74) is 2.84. The van der Waals surface area contributed by atoms with Gasteiger partial charge in [0.1, 0.15) is 0 Å². The lowest BCUT2D eigenvalue weighted by Gasteiger charge is -2.27. The van der Waals surface area contributed by atoms with Crippen LogP contribution in [0.3, 0.4) is 0 Å². The summed E-state index contributed by atoms with van der Waals surface area (Å²) in [5.74, 6) is -1.09. The zero-order valence-electron chi connectivity index (χ0n) is 13.8. The molecule has 2 heterocycles. The molecule has 7 nitrogen and oxygen atoms in total. The van der Waals surface area contributed by atoms with Gasteiger partial charge in [0.05, 0.1) is 17.1 Å². The standard InChI is InChI=1S/C16H19N3O4S/c1-10-4-5-11(2)14(8-10)24(22,23)19-7-6-12-13(9-19)18(3)17-15(12)16(20)21/h4-5,8H,6-7,9H2,1-3H3,(H,20,21). The van der Waals surface area contributed by atoms with Crippen LogP contribution in [0, 0.1) is 13.8 Å². The molecule has 1 N–H and O–H groups in total. The number of aromatic carboxylic acids is 1. The molecular formula is C16H19N3O4S. The molecule has 24 heavy (non-hydrogen) atoms. The number of rotatable bonds is 3. The molecule has 0 unspecified atom stereocenters. The molecule has 0 spiro atoms. The maximum absolute atomic E-state index is 13.0. The van der Waals surface area contributed by atoms with Gasteiger partial charge < -0.3 is 5.11 Å². The van der Waals surface area contributed by atoms with Crippen molar-refractivity contribution < 1.29 is 18.3 Å². The molecule has 0 saturated heterocycles. The first-order valence-electron chi connectivity index (χ1n) is 7.57. The molecular weight excluding hydrogens is 330 g/mol. The first-order chi connectivity index (χ1) is 11.2. The van der Waals surface area contributed by atoms with Crippen molar-refractivity contribution in [2.75, 3.05) is 6.54 Å². The molecule has 0 saturated carbocycles. The lowest BCUT2D eigenvalue weighted by atomic mass is 10.1. The number of aryl methyl sites for hydroxylation is 3. The molecule has 0 atom stereocenters. The highest BCUT2D eigenvalue weighted by molar-refractivity contribution is 7.89. The number of nitrogens with zero attached hydrogens (tertiary/aromatic N) is 3. The minimum atomic E-state index is -3.64. The Kier molecular flexibility index (Phi) is 3.97. The van der Waals surface area contributed by atoms with Crippen LogP contribution in [0.15, 0.2) is 23.1 Å². The Labute approximate surface area is 140 Å². The van der Waals surface area contributed by atoms with Crippen LogP contribution in [0.25, 0.3) is 0 Å². The highest BCUT2D eigenvalue weighted by Crippen LogP contribution is 2.28. The van der Waals surface area contributed by atoms with Gasteiger partial charge in [0.15, 0.2) is 5.69 Å². The Morgan fingerprint density at radius 3 is 2.67 bits per heavy atom. The van der Waals surface area contributed by atoms with Gasteiger partial charge in [0.2, 0.25) is 10.0 Å². The van der Waals surface area contributed by atoms with Crippen molar-refractivity contribution in [2.45, 2.75) is 31.7 Å². The second kappa shape index (κ2) is 5.71. The van der Waals surface area contributed by atoms with Gasteiger partial charge in [-0.25, -0.2) is 13.2 Å². The Morgan fingerprint density at radius 2 is 2.00 bits per heavy atom. The number of carboxylic acids is 1. The van der Waals surface area contributed by atoms with Crippen LogP contribution in [0.4, 0.5) is 0 Å². The number of carboxylic acid groups (broad SMARTS) is 1. The van der Waals surface area contributed by atoms with Gasteiger partial charge >= 0.3 is 5.97 Å². The molecule has 0 amide bonds. The zero-order valence-corrected chi connectivity index (χ0v) is 14.6. The summed E-state index contributed by atoms with van der Waals surface area (Å²) in [5, 5.41) is 13.2. The van der Waals surface area contributed by atoms with Gasteiger partial charge in [0, 0.05) is 19.2 Å². The lowest BCUT2D eigenvalue weighted by Crippen LogP contribution is -2.37. The predicted octanol–water partition coefficient (Wildman–Crippen LogP) is 1.48. The summed E-state index contributed by atoms with van der Waals surface area (Å²) in [6.45, 7) is 4.00. The summed E-state index contributed by atoms with van der Waals surface area (Å²) >= 11 is 0. The van der Waals surface area contributed by atoms with E-state index >= 15 is 0 Å². The molecule has 0 radical (unpaired) electrons. The fourth-order valence-electron chi connectivity index (χ4n) is 3.05. The summed E-state index contributed by atoms with van der Waals surface area (Å²) < 4.78 is 28.9. The monoisotopic (exact) mass is 349 g/mol. The quantitative estimate of drug-likeness (QED) is 0.906. The van der Waals surface area contributed by atoms with E-state index in [1.807, 2.05) is 13.0 Å². The van der Waals surface area contributed by atoms with Crippen LogP contribution in [-0.2, 0) is 30.0 Å². The largest absolute Gasteiger partial charge is 0.476 e. The fraction of sp³-hybridized carbons (Fsp3) is 0.375. The molecule has 128 valence electrons. The van der Waals surface area contributed by atoms with Crippen LogP contribution in [-0.4, -0.2) is 40.1 Å². The van der Waals surface area contributed by atoms with Crippen LogP contribution in [0.2, 0.25) is 0 Å². The maximum atomic E-state index is 13.0. The van der Waals surface area contributed by atoms with Crippen molar-refractivity contribution in [3.8, 4) is 0 Å². The second-order valence-electron chi connectivity index (χ2n) is 6.06. The summed E-state index contributed by atoms with van der Waals surface area (Å²) in [7, 11) is -2.00. The third-order valence-corrected chi connectivity index (χ3v) is 6.36. The van der Waals surface area contributed by atoms with Crippen molar-refractivity contribution >= 4 is 16.0 Å². The van der Waals surface area contributed by atoms with Gasteiger partial charge in [-0.2, -0.15) is 9.40 Å². The van der Waals surface area contributed by atoms with Gasteiger partial charge in [-0.1, -0.05) is 12.1 Å². The second-order valence-corrected chi connectivity index (χ2v) is 7.97. The summed E-state index contributed by atoms with van der Waals surface area (Å²) in [6.07, 6.45) is 0.342. The van der Waals surface area contributed by atoms with Crippen molar-refractivity contribution in [1.82, 2.24) is 14.1 Å². The molecule has 2 aromatic rings. The van der Waals surface area contributed by atoms with Gasteiger partial charge in [0.25, 0.3) is 0 Å². The first-order valence-corrected chi connectivity index (χ1v) is 9.01. The third-order valence-electron chi connectivity index (χ3n) is 4.38.